The fraction of sp³-hybridized carbons (Fsp3) is 0.964. The van der Waals surface area contributed by atoms with E-state index < -0.39 is 80.6 Å². The largest absolute Gasteiger partial charge is 0.481 e. The maximum Gasteiger partial charge on any atom is 0.303 e. The van der Waals surface area contributed by atoms with Crippen molar-refractivity contribution in [3.63, 3.8) is 0 Å². The number of rotatable bonds is 19. The molecule has 0 aromatic rings. The first kappa shape index (κ1) is 38.1. The van der Waals surface area contributed by atoms with Gasteiger partial charge in [-0.05, 0) is 6.42 Å². The lowest BCUT2D eigenvalue weighted by Gasteiger charge is -2.43. The van der Waals surface area contributed by atoms with Crippen molar-refractivity contribution in [1.82, 2.24) is 0 Å². The molecule has 2 aliphatic heterocycles. The van der Waals surface area contributed by atoms with Crippen LogP contribution in [0, 0.1) is 0 Å². The van der Waals surface area contributed by atoms with Gasteiger partial charge < -0.3 is 60.2 Å². The highest BCUT2D eigenvalue weighted by molar-refractivity contribution is 5.66. The van der Waals surface area contributed by atoms with Crippen LogP contribution in [0.2, 0.25) is 0 Å². The summed E-state index contributed by atoms with van der Waals surface area (Å²) in [6.45, 7) is -0.0620. The third kappa shape index (κ3) is 12.7. The molecular formula is C28H54O13. The Morgan fingerprint density at radius 3 is 1.59 bits per heavy atom. The molecule has 0 amide bonds. The molecule has 0 spiro atoms. The van der Waals surface area contributed by atoms with E-state index >= 15 is 0 Å². The van der Waals surface area contributed by atoms with Crippen LogP contribution in [-0.4, -0.2) is 127 Å². The smallest absolute Gasteiger partial charge is 0.303 e. The van der Waals surface area contributed by atoms with Crippen LogP contribution in [0.4, 0.5) is 0 Å². The van der Waals surface area contributed by atoms with Gasteiger partial charge in [0.15, 0.2) is 6.29 Å². The Labute approximate surface area is 242 Å². The first-order valence-corrected chi connectivity index (χ1v) is 15.0. The van der Waals surface area contributed by atoms with Gasteiger partial charge in [0.2, 0.25) is 5.79 Å². The molecule has 41 heavy (non-hydrogen) atoms. The molecule has 2 aliphatic rings. The Balaban J connectivity index is 0.000000425. The van der Waals surface area contributed by atoms with Crippen LogP contribution in [0.3, 0.4) is 0 Å². The molecule has 2 fully saturated rings. The Morgan fingerprint density at radius 2 is 1.17 bits per heavy atom. The van der Waals surface area contributed by atoms with E-state index in [2.05, 4.69) is 6.92 Å². The summed E-state index contributed by atoms with van der Waals surface area (Å²) in [4.78, 5) is 10.3. The zero-order valence-corrected chi connectivity index (χ0v) is 24.3. The van der Waals surface area contributed by atoms with Crippen molar-refractivity contribution in [2.45, 2.75) is 152 Å². The molecule has 0 aliphatic carbocycles. The number of carboxylic acids is 1. The SMILES string of the molecule is CCCCCCCCCCCCCCCC(=O)O.OC[C@H]1O[C@@](CO)(O[C@H]2O[C@H](CO)[C@@H](O)[C@H](O)[C@H]2O)[C@@H](O)[C@@H]1O. The van der Waals surface area contributed by atoms with Gasteiger partial charge in [0.05, 0.1) is 13.2 Å². The number of hydrogen-bond acceptors (Lipinski definition) is 12. The van der Waals surface area contributed by atoms with Crippen molar-refractivity contribution >= 4 is 5.97 Å². The zero-order chi connectivity index (χ0) is 30.8. The van der Waals surface area contributed by atoms with E-state index in [0.717, 1.165) is 12.8 Å². The third-order valence-electron chi connectivity index (χ3n) is 7.56. The van der Waals surface area contributed by atoms with Crippen molar-refractivity contribution in [3.05, 3.63) is 0 Å². The summed E-state index contributed by atoms with van der Waals surface area (Å²) in [5, 5.41) is 85.2. The fourth-order valence-electron chi connectivity index (χ4n) is 4.93. The number of aliphatic hydroxyl groups excluding tert-OH is 8. The van der Waals surface area contributed by atoms with E-state index in [1.807, 2.05) is 0 Å². The van der Waals surface area contributed by atoms with Crippen LogP contribution in [0.25, 0.3) is 0 Å². The lowest BCUT2D eigenvalue weighted by atomic mass is 9.99. The quantitative estimate of drug-likeness (QED) is 0.0904. The van der Waals surface area contributed by atoms with Gasteiger partial charge in [-0.25, -0.2) is 0 Å². The van der Waals surface area contributed by atoms with E-state index in [-0.39, 0.29) is 0 Å². The number of unbranched alkanes of at least 4 members (excludes halogenated alkanes) is 12. The minimum Gasteiger partial charge on any atom is -0.481 e. The van der Waals surface area contributed by atoms with Crippen LogP contribution in [0.1, 0.15) is 96.8 Å². The molecule has 2 rings (SSSR count). The monoisotopic (exact) mass is 598 g/mol. The molecule has 0 unspecified atom stereocenters. The molecule has 2 saturated heterocycles. The lowest BCUT2D eigenvalue weighted by molar-refractivity contribution is -0.383. The molecule has 9 N–H and O–H groups in total. The summed E-state index contributed by atoms with van der Waals surface area (Å²) in [5.41, 5.74) is 0. The van der Waals surface area contributed by atoms with Crippen molar-refractivity contribution in [2.24, 2.45) is 0 Å². The van der Waals surface area contributed by atoms with Gasteiger partial charge in [-0.15, -0.1) is 0 Å². The second-order valence-electron chi connectivity index (χ2n) is 10.9. The molecule has 244 valence electrons. The first-order valence-electron chi connectivity index (χ1n) is 15.0. The van der Waals surface area contributed by atoms with Crippen LogP contribution < -0.4 is 0 Å². The number of aliphatic hydroxyl groups is 8. The average molecular weight is 599 g/mol. The maximum absolute atomic E-state index is 10.3. The highest BCUT2D eigenvalue weighted by Crippen LogP contribution is 2.35. The van der Waals surface area contributed by atoms with Crippen LogP contribution in [-0.2, 0) is 19.0 Å². The fourth-order valence-corrected chi connectivity index (χ4v) is 4.93. The number of ether oxygens (including phenoxy) is 3. The number of aliphatic carboxylic acids is 1. The van der Waals surface area contributed by atoms with Crippen molar-refractivity contribution in [2.75, 3.05) is 19.8 Å². The second-order valence-corrected chi connectivity index (χ2v) is 10.9. The van der Waals surface area contributed by atoms with Gasteiger partial charge in [-0.1, -0.05) is 84.0 Å². The van der Waals surface area contributed by atoms with E-state index in [1.165, 1.54) is 70.6 Å². The number of carboxylic acid groups (broad SMARTS) is 1. The standard InChI is InChI=1S/C16H32O2.C12H22O11/c1-2-3-4-5-6-7-8-9-10-11-12-13-14-15-16(17)18;13-1-4-6(16)8(18)9(19)11(21-4)23-12(3-15)10(20)7(17)5(2-14)22-12/h2-15H2,1H3,(H,17,18);4-11,13-20H,1-3H2/t;4-,5-,6-,7-,8+,9-,10+,11-,12+/m.1/s1. The molecule has 13 nitrogen and oxygen atoms in total. The van der Waals surface area contributed by atoms with Gasteiger partial charge in [0.1, 0.15) is 49.3 Å². The predicted octanol–water partition coefficient (Wildman–Crippen LogP) is 0.157. The van der Waals surface area contributed by atoms with Crippen molar-refractivity contribution in [1.29, 1.82) is 0 Å². The summed E-state index contributed by atoms with van der Waals surface area (Å²) < 4.78 is 15.4. The molecule has 2 heterocycles. The summed E-state index contributed by atoms with van der Waals surface area (Å²) in [6, 6.07) is 0. The van der Waals surface area contributed by atoms with Crippen LogP contribution in [0.5, 0.6) is 0 Å². The molecule has 0 aromatic carbocycles. The highest BCUT2D eigenvalue weighted by Gasteiger charge is 2.58. The van der Waals surface area contributed by atoms with E-state index in [4.69, 9.17) is 29.5 Å². The minimum atomic E-state index is -2.22. The molecule has 13 heteroatoms. The topological polar surface area (TPSA) is 227 Å². The van der Waals surface area contributed by atoms with Gasteiger partial charge >= 0.3 is 5.97 Å². The second kappa shape index (κ2) is 20.9. The van der Waals surface area contributed by atoms with Crippen molar-refractivity contribution < 1.29 is 65.0 Å². The normalized spacial score (nSPS) is 33.4. The molecule has 0 bridgehead atoms. The average Bonchev–Trinajstić information content (AvgIpc) is 3.21. The molecule has 9 atom stereocenters. The third-order valence-corrected chi connectivity index (χ3v) is 7.56. The summed E-state index contributed by atoms with van der Waals surface area (Å²) in [5.74, 6) is -2.88. The summed E-state index contributed by atoms with van der Waals surface area (Å²) in [7, 11) is 0. The van der Waals surface area contributed by atoms with Gasteiger partial charge in [-0.2, -0.15) is 0 Å². The predicted molar refractivity (Wildman–Crippen MR) is 147 cm³/mol. The highest BCUT2D eigenvalue weighted by atomic mass is 16.8. The van der Waals surface area contributed by atoms with E-state index in [0.29, 0.717) is 6.42 Å². The van der Waals surface area contributed by atoms with Crippen LogP contribution in [0.15, 0.2) is 0 Å². The molecule has 0 saturated carbocycles. The van der Waals surface area contributed by atoms with Gasteiger partial charge in [-0.3, -0.25) is 4.79 Å². The van der Waals surface area contributed by atoms with E-state index in [1.54, 1.807) is 0 Å². The van der Waals surface area contributed by atoms with Crippen molar-refractivity contribution in [3.8, 4) is 0 Å². The molecule has 0 radical (unpaired) electrons. The first-order chi connectivity index (χ1) is 19.6. The Kier molecular flexibility index (Phi) is 19.4. The maximum atomic E-state index is 10.3. The Bertz CT molecular complexity index is 681. The van der Waals surface area contributed by atoms with E-state index in [9.17, 15) is 35.4 Å². The number of carbonyl (C=O) groups is 1. The van der Waals surface area contributed by atoms with Gasteiger partial charge in [0, 0.05) is 6.42 Å². The Hall–Kier alpha value is -0.970. The van der Waals surface area contributed by atoms with Gasteiger partial charge in [0.25, 0.3) is 0 Å². The molecular weight excluding hydrogens is 544 g/mol. The lowest BCUT2D eigenvalue weighted by Crippen LogP contribution is -2.62. The molecule has 0 aromatic heterocycles. The minimum absolute atomic E-state index is 0.345. The summed E-state index contributed by atoms with van der Waals surface area (Å²) in [6.07, 6.45) is 4.62. The van der Waals surface area contributed by atoms with Crippen LogP contribution >= 0.6 is 0 Å². The Morgan fingerprint density at radius 1 is 0.683 bits per heavy atom. The zero-order valence-electron chi connectivity index (χ0n) is 24.3. The number of hydrogen-bond donors (Lipinski definition) is 9. The summed E-state index contributed by atoms with van der Waals surface area (Å²) >= 11 is 0.